The molecule has 29 heavy (non-hydrogen) atoms. The Morgan fingerprint density at radius 1 is 1.21 bits per heavy atom. The zero-order chi connectivity index (χ0) is 21.3. The van der Waals surface area contributed by atoms with E-state index in [1.807, 2.05) is 30.6 Å². The van der Waals surface area contributed by atoms with Crippen molar-refractivity contribution in [2.45, 2.75) is 46.2 Å². The number of ketones is 1. The molecule has 1 fully saturated rings. The van der Waals surface area contributed by atoms with Crippen LogP contribution in [0.25, 0.3) is 0 Å². The standard InChI is InChI=1S/C22H26N2O5/c1-5-10-23-13(2)11-18(14(23)3)19(25)12-29-22(28)15(4)24-20(26)16-8-6-7-9-17(16)21(24)27/h5-7,11,15-17H,1,8-10,12H2,2-4H3/t15-,16-,17-/m0/s1. The van der Waals surface area contributed by atoms with Crippen LogP contribution in [0, 0.1) is 25.7 Å². The summed E-state index contributed by atoms with van der Waals surface area (Å²) in [4.78, 5) is 51.2. The molecule has 3 rings (SSSR count). The number of allylic oxidation sites excluding steroid dienone is 3. The Kier molecular flexibility index (Phi) is 5.86. The van der Waals surface area contributed by atoms with Crippen LogP contribution in [-0.4, -0.2) is 45.7 Å². The van der Waals surface area contributed by atoms with E-state index >= 15 is 0 Å². The second kappa shape index (κ2) is 8.19. The van der Waals surface area contributed by atoms with Crippen LogP contribution in [0.3, 0.4) is 0 Å². The third-order valence-electron chi connectivity index (χ3n) is 5.80. The van der Waals surface area contributed by atoms with Crippen LogP contribution in [0.5, 0.6) is 0 Å². The lowest BCUT2D eigenvalue weighted by Crippen LogP contribution is -2.44. The third kappa shape index (κ3) is 3.69. The molecule has 0 unspecified atom stereocenters. The van der Waals surface area contributed by atoms with E-state index in [0.29, 0.717) is 24.9 Å². The third-order valence-corrected chi connectivity index (χ3v) is 5.80. The number of ether oxygens (including phenoxy) is 1. The molecule has 7 heteroatoms. The molecule has 1 aliphatic heterocycles. The van der Waals surface area contributed by atoms with Crippen LogP contribution >= 0.6 is 0 Å². The van der Waals surface area contributed by atoms with Gasteiger partial charge in [0.1, 0.15) is 6.04 Å². The number of aromatic nitrogens is 1. The van der Waals surface area contributed by atoms with Gasteiger partial charge in [-0.15, -0.1) is 6.58 Å². The summed E-state index contributed by atoms with van der Waals surface area (Å²) >= 11 is 0. The fraction of sp³-hybridized carbons (Fsp3) is 0.455. The van der Waals surface area contributed by atoms with Gasteiger partial charge in [0.25, 0.3) is 0 Å². The smallest absolute Gasteiger partial charge is 0.329 e. The van der Waals surface area contributed by atoms with Crippen molar-refractivity contribution in [1.82, 2.24) is 9.47 Å². The van der Waals surface area contributed by atoms with Crippen LogP contribution < -0.4 is 0 Å². The Hall–Kier alpha value is -2.96. The molecule has 154 valence electrons. The predicted molar refractivity (Wildman–Crippen MR) is 106 cm³/mol. The molecule has 1 saturated heterocycles. The van der Waals surface area contributed by atoms with Crippen LogP contribution in [0.15, 0.2) is 30.9 Å². The molecule has 2 amide bonds. The highest BCUT2D eigenvalue weighted by Crippen LogP contribution is 2.36. The number of rotatable bonds is 7. The van der Waals surface area contributed by atoms with Gasteiger partial charge >= 0.3 is 5.97 Å². The molecule has 1 aromatic heterocycles. The fourth-order valence-electron chi connectivity index (χ4n) is 4.14. The van der Waals surface area contributed by atoms with E-state index in [4.69, 9.17) is 4.74 Å². The largest absolute Gasteiger partial charge is 0.456 e. The van der Waals surface area contributed by atoms with Crippen LogP contribution in [0.1, 0.15) is 41.5 Å². The molecule has 2 aliphatic rings. The number of esters is 1. The molecule has 0 bridgehead atoms. The van der Waals surface area contributed by atoms with Crippen molar-refractivity contribution >= 4 is 23.6 Å². The Bertz CT molecular complexity index is 885. The van der Waals surface area contributed by atoms with E-state index in [1.54, 1.807) is 12.1 Å². The summed E-state index contributed by atoms with van der Waals surface area (Å²) in [5, 5.41) is 0. The maximum atomic E-state index is 12.6. The zero-order valence-electron chi connectivity index (χ0n) is 17.0. The quantitative estimate of drug-likeness (QED) is 0.305. The molecule has 2 heterocycles. The first kappa shape index (κ1) is 20.8. The minimum Gasteiger partial charge on any atom is -0.456 e. The Labute approximate surface area is 170 Å². The minimum absolute atomic E-state index is 0.328. The van der Waals surface area contributed by atoms with E-state index in [2.05, 4.69) is 6.58 Å². The first-order valence-electron chi connectivity index (χ1n) is 9.77. The SMILES string of the molecule is C=CCn1c(C)cc(C(=O)COC(=O)[C@H](C)N2C(=O)[C@H]3CC=CC[C@@H]3C2=O)c1C. The molecule has 7 nitrogen and oxygen atoms in total. The van der Waals surface area contributed by atoms with E-state index in [0.717, 1.165) is 16.3 Å². The summed E-state index contributed by atoms with van der Waals surface area (Å²) < 4.78 is 7.11. The van der Waals surface area contributed by atoms with Crippen molar-refractivity contribution in [3.05, 3.63) is 47.8 Å². The second-order valence-electron chi connectivity index (χ2n) is 7.59. The van der Waals surface area contributed by atoms with Crippen LogP contribution in [0.2, 0.25) is 0 Å². The van der Waals surface area contributed by atoms with E-state index in [1.165, 1.54) is 6.92 Å². The number of hydrogen-bond acceptors (Lipinski definition) is 5. The van der Waals surface area contributed by atoms with Gasteiger partial charge in [0, 0.05) is 23.5 Å². The second-order valence-corrected chi connectivity index (χ2v) is 7.59. The van der Waals surface area contributed by atoms with Gasteiger partial charge in [-0.2, -0.15) is 0 Å². The molecular weight excluding hydrogens is 372 g/mol. The van der Waals surface area contributed by atoms with Crippen molar-refractivity contribution in [1.29, 1.82) is 0 Å². The van der Waals surface area contributed by atoms with Gasteiger partial charge in [0.2, 0.25) is 17.6 Å². The molecule has 0 radical (unpaired) electrons. The Morgan fingerprint density at radius 3 is 2.34 bits per heavy atom. The highest BCUT2D eigenvalue weighted by atomic mass is 16.5. The molecule has 1 aromatic rings. The van der Waals surface area contributed by atoms with Crippen molar-refractivity contribution in [3.8, 4) is 0 Å². The Balaban J connectivity index is 1.64. The normalized spacial score (nSPS) is 21.8. The number of aryl methyl sites for hydroxylation is 1. The molecule has 0 spiro atoms. The maximum absolute atomic E-state index is 12.6. The van der Waals surface area contributed by atoms with Crippen LogP contribution in [-0.2, 0) is 25.7 Å². The monoisotopic (exact) mass is 398 g/mol. The average Bonchev–Trinajstić information content (AvgIpc) is 3.13. The van der Waals surface area contributed by atoms with Gasteiger partial charge in [-0.25, -0.2) is 4.79 Å². The Morgan fingerprint density at radius 2 is 1.79 bits per heavy atom. The highest BCUT2D eigenvalue weighted by molar-refractivity contribution is 6.08. The number of nitrogens with zero attached hydrogens (tertiary/aromatic N) is 2. The number of carbonyl (C=O) groups excluding carboxylic acids is 4. The first-order chi connectivity index (χ1) is 13.8. The van der Waals surface area contributed by atoms with Gasteiger partial charge in [-0.1, -0.05) is 18.2 Å². The van der Waals surface area contributed by atoms with Crippen molar-refractivity contribution in [2.75, 3.05) is 6.61 Å². The van der Waals surface area contributed by atoms with Gasteiger partial charge in [-0.3, -0.25) is 19.3 Å². The van der Waals surface area contributed by atoms with Gasteiger partial charge in [0.05, 0.1) is 11.8 Å². The number of likely N-dealkylation sites (tertiary alicyclic amines) is 1. The minimum atomic E-state index is -1.05. The highest BCUT2D eigenvalue weighted by Gasteiger charge is 2.50. The maximum Gasteiger partial charge on any atom is 0.329 e. The number of Topliss-reactive ketones (excluding diaryl/α,β-unsaturated/α-hetero) is 1. The summed E-state index contributed by atoms with van der Waals surface area (Å²) in [6, 6.07) is 0.700. The topological polar surface area (TPSA) is 85.7 Å². The summed E-state index contributed by atoms with van der Waals surface area (Å²) in [7, 11) is 0. The summed E-state index contributed by atoms with van der Waals surface area (Å²) in [6.45, 7) is 9.03. The lowest BCUT2D eigenvalue weighted by molar-refractivity contribution is -0.157. The predicted octanol–water partition coefficient (Wildman–Crippen LogP) is 2.36. The van der Waals surface area contributed by atoms with Crippen molar-refractivity contribution in [3.63, 3.8) is 0 Å². The molecule has 3 atom stereocenters. The summed E-state index contributed by atoms with van der Waals surface area (Å²) in [5.41, 5.74) is 2.17. The molecule has 0 aromatic carbocycles. The van der Waals surface area contributed by atoms with Crippen LogP contribution in [0.4, 0.5) is 0 Å². The number of fused-ring (bicyclic) bond motifs is 1. The molecular formula is C22H26N2O5. The van der Waals surface area contributed by atoms with Gasteiger partial charge in [-0.05, 0) is 39.7 Å². The molecule has 0 saturated carbocycles. The van der Waals surface area contributed by atoms with E-state index in [-0.39, 0.29) is 17.6 Å². The number of imide groups is 1. The lowest BCUT2D eigenvalue weighted by Gasteiger charge is -2.21. The summed E-state index contributed by atoms with van der Waals surface area (Å²) in [6.07, 6.45) is 6.53. The lowest BCUT2D eigenvalue weighted by atomic mass is 9.85. The summed E-state index contributed by atoms with van der Waals surface area (Å²) in [5.74, 6) is -2.57. The fourth-order valence-corrected chi connectivity index (χ4v) is 4.14. The molecule has 0 N–H and O–H groups in total. The van der Waals surface area contributed by atoms with Crippen molar-refractivity contribution < 1.29 is 23.9 Å². The molecule has 1 aliphatic carbocycles. The zero-order valence-corrected chi connectivity index (χ0v) is 17.0. The van der Waals surface area contributed by atoms with E-state index < -0.39 is 30.5 Å². The van der Waals surface area contributed by atoms with E-state index in [9.17, 15) is 19.2 Å². The van der Waals surface area contributed by atoms with Crippen molar-refractivity contribution in [2.24, 2.45) is 11.8 Å². The van der Waals surface area contributed by atoms with Gasteiger partial charge < -0.3 is 9.30 Å². The first-order valence-corrected chi connectivity index (χ1v) is 9.77. The average molecular weight is 398 g/mol. The van der Waals surface area contributed by atoms with Gasteiger partial charge in [0.15, 0.2) is 6.61 Å². The number of amides is 2. The number of hydrogen-bond donors (Lipinski definition) is 0. The number of carbonyl (C=O) groups is 4.